The summed E-state index contributed by atoms with van der Waals surface area (Å²) in [4.78, 5) is 6.04. The van der Waals surface area contributed by atoms with Crippen LogP contribution in [0.25, 0.3) is 22.3 Å². The molecule has 0 aliphatic rings. The first-order valence-electron chi connectivity index (χ1n) is 7.03. The molecule has 3 rings (SSSR count). The van der Waals surface area contributed by atoms with E-state index in [-0.39, 0.29) is 0 Å². The summed E-state index contributed by atoms with van der Waals surface area (Å²) in [5, 5.41) is 13.6. The van der Waals surface area contributed by atoms with Crippen molar-refractivity contribution in [2.45, 2.75) is 26.3 Å². The second kappa shape index (κ2) is 5.87. The highest BCUT2D eigenvalue weighted by molar-refractivity contribution is 5.83. The zero-order valence-electron chi connectivity index (χ0n) is 12.2. The van der Waals surface area contributed by atoms with Gasteiger partial charge in [0.05, 0.1) is 19.2 Å². The van der Waals surface area contributed by atoms with Crippen molar-refractivity contribution >= 4 is 10.9 Å². The number of aryl methyl sites for hydroxylation is 1. The van der Waals surface area contributed by atoms with Crippen LogP contribution in [0.15, 0.2) is 30.3 Å². The van der Waals surface area contributed by atoms with Gasteiger partial charge in [0.2, 0.25) is 11.7 Å². The molecule has 0 atom stereocenters. The fourth-order valence-electron chi connectivity index (χ4n) is 2.11. The molecule has 0 bridgehead atoms. The van der Waals surface area contributed by atoms with Gasteiger partial charge in [0.15, 0.2) is 0 Å². The summed E-state index contributed by atoms with van der Waals surface area (Å²) in [6.45, 7) is 2.94. The molecular formula is C15H17N5O. The monoisotopic (exact) mass is 283 g/mol. The fourth-order valence-corrected chi connectivity index (χ4v) is 2.11. The molecule has 0 saturated heterocycles. The molecule has 0 aliphatic carbocycles. The predicted octanol–water partition coefficient (Wildman–Crippen LogP) is 2.70. The Hall–Kier alpha value is -2.50. The van der Waals surface area contributed by atoms with Crippen LogP contribution in [-0.2, 0) is 6.54 Å². The van der Waals surface area contributed by atoms with Gasteiger partial charge >= 0.3 is 0 Å². The summed E-state index contributed by atoms with van der Waals surface area (Å²) in [5.74, 6) is 1.25. The van der Waals surface area contributed by atoms with E-state index in [1.807, 2.05) is 30.3 Å². The predicted molar refractivity (Wildman–Crippen MR) is 80.0 cm³/mol. The molecule has 0 aliphatic heterocycles. The SMILES string of the molecule is CCCCn1nnc(-c2ccc3nc(OC)ccc3c2)n1. The maximum Gasteiger partial charge on any atom is 0.213 e. The normalized spacial score (nSPS) is 11.0. The molecule has 0 amide bonds. The summed E-state index contributed by atoms with van der Waals surface area (Å²) < 4.78 is 5.13. The number of hydrogen-bond donors (Lipinski definition) is 0. The summed E-state index contributed by atoms with van der Waals surface area (Å²) in [6, 6.07) is 9.74. The van der Waals surface area contributed by atoms with Gasteiger partial charge in [0, 0.05) is 17.0 Å². The van der Waals surface area contributed by atoms with Gasteiger partial charge in [-0.15, -0.1) is 10.2 Å². The average molecular weight is 283 g/mol. The molecule has 2 aromatic heterocycles. The second-order valence-corrected chi connectivity index (χ2v) is 4.82. The van der Waals surface area contributed by atoms with Crippen molar-refractivity contribution in [2.75, 3.05) is 7.11 Å². The lowest BCUT2D eigenvalue weighted by atomic mass is 10.1. The zero-order valence-corrected chi connectivity index (χ0v) is 12.2. The molecule has 0 N–H and O–H groups in total. The van der Waals surface area contributed by atoms with Crippen molar-refractivity contribution in [3.05, 3.63) is 30.3 Å². The van der Waals surface area contributed by atoms with Crippen molar-refractivity contribution in [2.24, 2.45) is 0 Å². The lowest BCUT2D eigenvalue weighted by molar-refractivity contribution is 0.399. The molecule has 0 saturated carbocycles. The number of fused-ring (bicyclic) bond motifs is 1. The number of aromatic nitrogens is 5. The van der Waals surface area contributed by atoms with Crippen molar-refractivity contribution in [3.63, 3.8) is 0 Å². The number of hydrogen-bond acceptors (Lipinski definition) is 5. The van der Waals surface area contributed by atoms with Crippen LogP contribution in [0.4, 0.5) is 0 Å². The molecule has 108 valence electrons. The van der Waals surface area contributed by atoms with E-state index >= 15 is 0 Å². The Morgan fingerprint density at radius 1 is 1.19 bits per heavy atom. The highest BCUT2D eigenvalue weighted by Gasteiger charge is 2.07. The Bertz CT molecular complexity index is 753. The molecule has 6 nitrogen and oxygen atoms in total. The number of methoxy groups -OCH3 is 1. The van der Waals surface area contributed by atoms with Crippen LogP contribution >= 0.6 is 0 Å². The van der Waals surface area contributed by atoms with E-state index in [0.717, 1.165) is 35.9 Å². The number of tetrazole rings is 1. The summed E-state index contributed by atoms with van der Waals surface area (Å²) in [6.07, 6.45) is 2.16. The fraction of sp³-hybridized carbons (Fsp3) is 0.333. The standard InChI is InChI=1S/C15H17N5O/c1-3-4-9-20-18-15(17-19-20)12-5-7-13-11(10-12)6-8-14(16-13)21-2/h5-8,10H,3-4,9H2,1-2H3. The molecule has 2 heterocycles. The van der Waals surface area contributed by atoms with Gasteiger partial charge in [-0.2, -0.15) is 4.80 Å². The largest absolute Gasteiger partial charge is 0.481 e. The van der Waals surface area contributed by atoms with E-state index in [1.165, 1.54) is 0 Å². The van der Waals surface area contributed by atoms with Crippen LogP contribution in [-0.4, -0.2) is 32.3 Å². The zero-order chi connectivity index (χ0) is 14.7. The highest BCUT2D eigenvalue weighted by atomic mass is 16.5. The third-order valence-corrected chi connectivity index (χ3v) is 3.30. The minimum atomic E-state index is 0.610. The van der Waals surface area contributed by atoms with E-state index in [2.05, 4.69) is 27.3 Å². The molecule has 3 aromatic rings. The summed E-state index contributed by atoms with van der Waals surface area (Å²) >= 11 is 0. The Labute approximate surface area is 122 Å². The van der Waals surface area contributed by atoms with Crippen LogP contribution in [0.3, 0.4) is 0 Å². The number of unbranched alkanes of at least 4 members (excludes halogenated alkanes) is 1. The molecular weight excluding hydrogens is 266 g/mol. The van der Waals surface area contributed by atoms with Crippen molar-refractivity contribution < 1.29 is 4.74 Å². The topological polar surface area (TPSA) is 65.7 Å². The van der Waals surface area contributed by atoms with Gasteiger partial charge in [-0.05, 0) is 35.9 Å². The van der Waals surface area contributed by atoms with E-state index < -0.39 is 0 Å². The molecule has 0 fully saturated rings. The molecule has 6 heteroatoms. The summed E-state index contributed by atoms with van der Waals surface area (Å²) in [5.41, 5.74) is 1.83. The van der Waals surface area contributed by atoms with E-state index in [4.69, 9.17) is 4.74 Å². The third kappa shape index (κ3) is 2.84. The Kier molecular flexibility index (Phi) is 3.77. The number of benzene rings is 1. The lowest BCUT2D eigenvalue weighted by Crippen LogP contribution is -2.01. The van der Waals surface area contributed by atoms with Crippen LogP contribution < -0.4 is 4.74 Å². The maximum absolute atomic E-state index is 5.13. The lowest BCUT2D eigenvalue weighted by Gasteiger charge is -2.02. The van der Waals surface area contributed by atoms with Gasteiger partial charge in [0.1, 0.15) is 0 Å². The quantitative estimate of drug-likeness (QED) is 0.720. The first-order valence-corrected chi connectivity index (χ1v) is 7.03. The van der Waals surface area contributed by atoms with Crippen LogP contribution in [0.1, 0.15) is 19.8 Å². The Balaban J connectivity index is 1.91. The van der Waals surface area contributed by atoms with Crippen LogP contribution in [0, 0.1) is 0 Å². The van der Waals surface area contributed by atoms with Gasteiger partial charge in [-0.1, -0.05) is 13.3 Å². The van der Waals surface area contributed by atoms with Gasteiger partial charge < -0.3 is 4.74 Å². The molecule has 0 unspecified atom stereocenters. The van der Waals surface area contributed by atoms with E-state index in [0.29, 0.717) is 11.7 Å². The van der Waals surface area contributed by atoms with Gasteiger partial charge in [-0.3, -0.25) is 0 Å². The van der Waals surface area contributed by atoms with Crippen molar-refractivity contribution in [1.82, 2.24) is 25.2 Å². The van der Waals surface area contributed by atoms with Crippen molar-refractivity contribution in [1.29, 1.82) is 0 Å². The first kappa shape index (κ1) is 13.5. The third-order valence-electron chi connectivity index (χ3n) is 3.30. The van der Waals surface area contributed by atoms with Crippen LogP contribution in [0.5, 0.6) is 5.88 Å². The highest BCUT2D eigenvalue weighted by Crippen LogP contribution is 2.22. The maximum atomic E-state index is 5.13. The smallest absolute Gasteiger partial charge is 0.213 e. The minimum absolute atomic E-state index is 0.610. The van der Waals surface area contributed by atoms with E-state index in [1.54, 1.807) is 11.9 Å². The van der Waals surface area contributed by atoms with Crippen LogP contribution in [0.2, 0.25) is 0 Å². The molecule has 21 heavy (non-hydrogen) atoms. The Morgan fingerprint density at radius 3 is 2.90 bits per heavy atom. The minimum Gasteiger partial charge on any atom is -0.481 e. The van der Waals surface area contributed by atoms with E-state index in [9.17, 15) is 0 Å². The number of pyridine rings is 1. The number of nitrogens with zero attached hydrogens (tertiary/aromatic N) is 5. The van der Waals surface area contributed by atoms with Crippen molar-refractivity contribution in [3.8, 4) is 17.3 Å². The number of ether oxygens (including phenoxy) is 1. The number of rotatable bonds is 5. The summed E-state index contributed by atoms with van der Waals surface area (Å²) in [7, 11) is 1.61. The molecule has 0 spiro atoms. The average Bonchev–Trinajstić information content (AvgIpc) is 3.00. The van der Waals surface area contributed by atoms with Gasteiger partial charge in [-0.25, -0.2) is 4.98 Å². The molecule has 0 radical (unpaired) electrons. The first-order chi connectivity index (χ1) is 10.3. The Morgan fingerprint density at radius 2 is 2.10 bits per heavy atom. The molecule has 1 aromatic carbocycles. The van der Waals surface area contributed by atoms with Gasteiger partial charge in [0.25, 0.3) is 0 Å². The second-order valence-electron chi connectivity index (χ2n) is 4.82.